The van der Waals surface area contributed by atoms with Crippen LogP contribution in [0.15, 0.2) is 66.7 Å². The largest absolute Gasteiger partial charge is 0.332 e. The fourth-order valence-corrected chi connectivity index (χ4v) is 5.03. The van der Waals surface area contributed by atoms with E-state index in [1.54, 1.807) is 48.5 Å². The average molecular weight is 514 g/mol. The molecule has 5 nitrogen and oxygen atoms in total. The fourth-order valence-electron chi connectivity index (χ4n) is 3.13. The van der Waals surface area contributed by atoms with E-state index >= 15 is 0 Å². The van der Waals surface area contributed by atoms with E-state index in [1.807, 2.05) is 25.1 Å². The van der Waals surface area contributed by atoms with E-state index in [9.17, 15) is 9.59 Å². The first kappa shape index (κ1) is 23.2. The van der Waals surface area contributed by atoms with E-state index in [0.29, 0.717) is 31.9 Å². The number of rotatable bonds is 4. The Bertz CT molecular complexity index is 1380. The van der Waals surface area contributed by atoms with Crippen LogP contribution in [-0.2, 0) is 0 Å². The molecule has 33 heavy (non-hydrogen) atoms. The van der Waals surface area contributed by atoms with Gasteiger partial charge in [-0.05, 0) is 67.7 Å². The van der Waals surface area contributed by atoms with Crippen LogP contribution in [0.3, 0.4) is 0 Å². The van der Waals surface area contributed by atoms with E-state index < -0.39 is 5.91 Å². The smallest absolute Gasteiger partial charge is 0.269 e. The van der Waals surface area contributed by atoms with Crippen LogP contribution in [0.25, 0.3) is 10.1 Å². The number of thiocarbonyl (C=S) groups is 1. The van der Waals surface area contributed by atoms with Gasteiger partial charge in [0.25, 0.3) is 11.8 Å². The van der Waals surface area contributed by atoms with Gasteiger partial charge in [0.05, 0.1) is 5.02 Å². The van der Waals surface area contributed by atoms with Gasteiger partial charge >= 0.3 is 0 Å². The summed E-state index contributed by atoms with van der Waals surface area (Å²) in [7, 11) is 0. The van der Waals surface area contributed by atoms with Crippen molar-refractivity contribution in [2.45, 2.75) is 6.92 Å². The van der Waals surface area contributed by atoms with Gasteiger partial charge in [-0.15, -0.1) is 11.3 Å². The molecule has 1 aromatic heterocycles. The van der Waals surface area contributed by atoms with Crippen molar-refractivity contribution in [1.82, 2.24) is 5.32 Å². The van der Waals surface area contributed by atoms with Gasteiger partial charge in [0.15, 0.2) is 5.11 Å². The molecule has 0 saturated carbocycles. The molecule has 0 aliphatic carbocycles. The lowest BCUT2D eigenvalue weighted by Crippen LogP contribution is -2.33. The number of nitrogens with one attached hydrogen (secondary N) is 3. The molecule has 4 aromatic rings. The first-order valence-electron chi connectivity index (χ1n) is 9.78. The number of carbonyl (C=O) groups excluding carboxylic acids is 2. The molecular weight excluding hydrogens is 497 g/mol. The van der Waals surface area contributed by atoms with Crippen LogP contribution >= 0.6 is 46.8 Å². The van der Waals surface area contributed by atoms with Crippen molar-refractivity contribution < 1.29 is 9.59 Å². The molecule has 0 unspecified atom stereocenters. The maximum atomic E-state index is 12.7. The Morgan fingerprint density at radius 2 is 1.58 bits per heavy atom. The van der Waals surface area contributed by atoms with Crippen LogP contribution in [0.2, 0.25) is 10.0 Å². The molecule has 0 aliphatic heterocycles. The first-order valence-corrected chi connectivity index (χ1v) is 11.8. The zero-order valence-electron chi connectivity index (χ0n) is 17.2. The lowest BCUT2D eigenvalue weighted by Gasteiger charge is -2.10. The van der Waals surface area contributed by atoms with Gasteiger partial charge in [0.1, 0.15) is 4.88 Å². The summed E-state index contributed by atoms with van der Waals surface area (Å²) in [6.07, 6.45) is 0. The van der Waals surface area contributed by atoms with Gasteiger partial charge in [0, 0.05) is 32.0 Å². The molecule has 3 aromatic carbocycles. The van der Waals surface area contributed by atoms with Crippen molar-refractivity contribution in [3.05, 3.63) is 92.8 Å². The number of halogens is 2. The maximum Gasteiger partial charge on any atom is 0.269 e. The Labute approximate surface area is 209 Å². The van der Waals surface area contributed by atoms with Crippen LogP contribution in [0.5, 0.6) is 0 Å². The van der Waals surface area contributed by atoms with E-state index in [0.717, 1.165) is 15.6 Å². The molecule has 1 heterocycles. The summed E-state index contributed by atoms with van der Waals surface area (Å²) in [5.74, 6) is -0.597. The molecule has 166 valence electrons. The minimum Gasteiger partial charge on any atom is -0.332 e. The number of thiophene rings is 1. The SMILES string of the molecule is Cc1cccc(C(=O)Nc2ccc(NC(=S)NC(=O)c3sc4cc(Cl)ccc4c3Cl)cc2)c1. The molecule has 0 atom stereocenters. The molecule has 0 radical (unpaired) electrons. The topological polar surface area (TPSA) is 70.2 Å². The number of benzene rings is 3. The highest BCUT2D eigenvalue weighted by Gasteiger charge is 2.18. The minimum atomic E-state index is -0.406. The number of hydrogen-bond acceptors (Lipinski definition) is 4. The molecule has 0 spiro atoms. The van der Waals surface area contributed by atoms with Gasteiger partial charge in [-0.2, -0.15) is 0 Å². The number of anilines is 2. The summed E-state index contributed by atoms with van der Waals surface area (Å²) in [5, 5.41) is 10.3. The molecule has 2 amide bonds. The Morgan fingerprint density at radius 1 is 0.879 bits per heavy atom. The van der Waals surface area contributed by atoms with E-state index in [-0.39, 0.29) is 11.0 Å². The summed E-state index contributed by atoms with van der Waals surface area (Å²) in [6.45, 7) is 1.93. The summed E-state index contributed by atoms with van der Waals surface area (Å²) < 4.78 is 0.819. The number of fused-ring (bicyclic) bond motifs is 1. The molecule has 0 saturated heterocycles. The van der Waals surface area contributed by atoms with Crippen molar-refractivity contribution in [3.8, 4) is 0 Å². The minimum absolute atomic E-state index is 0.128. The van der Waals surface area contributed by atoms with Crippen molar-refractivity contribution in [3.63, 3.8) is 0 Å². The van der Waals surface area contributed by atoms with Gasteiger partial charge in [-0.1, -0.05) is 47.0 Å². The van der Waals surface area contributed by atoms with E-state index in [4.69, 9.17) is 35.4 Å². The Balaban J connectivity index is 1.37. The second-order valence-corrected chi connectivity index (χ2v) is 9.47. The number of hydrogen-bond donors (Lipinski definition) is 3. The van der Waals surface area contributed by atoms with Gasteiger partial charge in [-0.25, -0.2) is 0 Å². The van der Waals surface area contributed by atoms with Crippen LogP contribution in [0, 0.1) is 6.92 Å². The van der Waals surface area contributed by atoms with Crippen molar-refractivity contribution in [2.24, 2.45) is 0 Å². The molecule has 3 N–H and O–H groups in total. The van der Waals surface area contributed by atoms with Crippen LogP contribution < -0.4 is 16.0 Å². The fraction of sp³-hybridized carbons (Fsp3) is 0.0417. The Hall–Kier alpha value is -2.97. The molecule has 4 rings (SSSR count). The maximum absolute atomic E-state index is 12.7. The second kappa shape index (κ2) is 9.89. The Morgan fingerprint density at radius 3 is 2.27 bits per heavy atom. The summed E-state index contributed by atoms with van der Waals surface area (Å²) in [5.41, 5.74) is 2.89. The highest BCUT2D eigenvalue weighted by atomic mass is 35.5. The van der Waals surface area contributed by atoms with Gasteiger partial charge in [0.2, 0.25) is 0 Å². The van der Waals surface area contributed by atoms with Crippen LogP contribution in [-0.4, -0.2) is 16.9 Å². The summed E-state index contributed by atoms with van der Waals surface area (Å²) in [6, 6.07) is 19.6. The van der Waals surface area contributed by atoms with Crippen LogP contribution in [0.4, 0.5) is 11.4 Å². The molecule has 0 aliphatic rings. The van der Waals surface area contributed by atoms with Crippen LogP contribution in [0.1, 0.15) is 25.6 Å². The van der Waals surface area contributed by atoms with Gasteiger partial charge < -0.3 is 10.6 Å². The third-order valence-corrected chi connectivity index (χ3v) is 6.80. The lowest BCUT2D eigenvalue weighted by atomic mass is 10.1. The third-order valence-electron chi connectivity index (χ3n) is 4.71. The Kier molecular flexibility index (Phi) is 6.95. The molecular formula is C24H17Cl2N3O2S2. The van der Waals surface area contributed by atoms with Crippen molar-refractivity contribution in [1.29, 1.82) is 0 Å². The average Bonchev–Trinajstić information content (AvgIpc) is 3.10. The number of amides is 2. The molecule has 9 heteroatoms. The first-order chi connectivity index (χ1) is 15.8. The van der Waals surface area contributed by atoms with Crippen molar-refractivity contribution in [2.75, 3.05) is 10.6 Å². The highest BCUT2D eigenvalue weighted by molar-refractivity contribution is 7.80. The number of carbonyl (C=O) groups is 2. The molecule has 0 bridgehead atoms. The standard InChI is InChI=1S/C24H17Cl2N3O2S2/c1-13-3-2-4-14(11-13)22(30)27-16-6-8-17(9-7-16)28-24(32)29-23(31)21-20(26)18-10-5-15(25)12-19(18)33-21/h2-12H,1H3,(H,27,30)(H2,28,29,31,32). The third kappa shape index (κ3) is 5.51. The number of aryl methyl sites for hydroxylation is 1. The monoisotopic (exact) mass is 513 g/mol. The zero-order chi connectivity index (χ0) is 23.5. The van der Waals surface area contributed by atoms with Gasteiger partial charge in [-0.3, -0.25) is 14.9 Å². The molecule has 0 fully saturated rings. The zero-order valence-corrected chi connectivity index (χ0v) is 20.4. The normalized spacial score (nSPS) is 10.6. The van der Waals surface area contributed by atoms with E-state index in [1.165, 1.54) is 11.3 Å². The predicted octanol–water partition coefficient (Wildman–Crippen LogP) is 6.90. The van der Waals surface area contributed by atoms with Crippen molar-refractivity contribution >= 4 is 85.1 Å². The lowest BCUT2D eigenvalue weighted by molar-refractivity contribution is 0.0980. The second-order valence-electron chi connectivity index (χ2n) is 7.19. The quantitative estimate of drug-likeness (QED) is 0.259. The highest BCUT2D eigenvalue weighted by Crippen LogP contribution is 2.36. The summed E-state index contributed by atoms with van der Waals surface area (Å²) >= 11 is 18.9. The summed E-state index contributed by atoms with van der Waals surface area (Å²) in [4.78, 5) is 25.4. The van der Waals surface area contributed by atoms with E-state index in [2.05, 4.69) is 16.0 Å². The predicted molar refractivity (Wildman–Crippen MR) is 141 cm³/mol.